The molecule has 1 amide bonds. The molecule has 86 valence electrons. The first-order chi connectivity index (χ1) is 7.56. The zero-order valence-electron chi connectivity index (χ0n) is 8.82. The highest BCUT2D eigenvalue weighted by Gasteiger charge is 2.23. The molecule has 4 nitrogen and oxygen atoms in total. The summed E-state index contributed by atoms with van der Waals surface area (Å²) in [6, 6.07) is 5.43. The lowest BCUT2D eigenvalue weighted by atomic mass is 10.1. The topological polar surface area (TPSA) is 72.4 Å². The van der Waals surface area contributed by atoms with Gasteiger partial charge in [0.05, 0.1) is 0 Å². The number of amides is 1. The highest BCUT2D eigenvalue weighted by molar-refractivity contribution is 6.31. The fraction of sp³-hybridized carbons (Fsp3) is 0.364. The number of benzene rings is 1. The van der Waals surface area contributed by atoms with Gasteiger partial charge in [0.1, 0.15) is 0 Å². The van der Waals surface area contributed by atoms with E-state index in [0.29, 0.717) is 10.6 Å². The molecule has 5 heteroatoms. The Morgan fingerprint density at radius 1 is 1.50 bits per heavy atom. The lowest BCUT2D eigenvalue weighted by molar-refractivity contribution is 0.1000. The summed E-state index contributed by atoms with van der Waals surface area (Å²) in [6.45, 7) is 2.56. The summed E-state index contributed by atoms with van der Waals surface area (Å²) >= 11 is 6.07. The quantitative estimate of drug-likeness (QED) is 0.811. The van der Waals surface area contributed by atoms with Gasteiger partial charge < -0.3 is 11.5 Å². The number of carbonyl (C=O) groups is 1. The van der Waals surface area contributed by atoms with Crippen LogP contribution in [-0.2, 0) is 6.54 Å². The van der Waals surface area contributed by atoms with Gasteiger partial charge in [-0.3, -0.25) is 9.69 Å². The van der Waals surface area contributed by atoms with Crippen LogP contribution in [0, 0.1) is 0 Å². The molecule has 0 aromatic heterocycles. The number of hydrogen-bond donors (Lipinski definition) is 2. The van der Waals surface area contributed by atoms with Crippen molar-refractivity contribution >= 4 is 17.5 Å². The third kappa shape index (κ3) is 2.35. The maximum Gasteiger partial charge on any atom is 0.248 e. The van der Waals surface area contributed by atoms with E-state index < -0.39 is 5.91 Å². The summed E-state index contributed by atoms with van der Waals surface area (Å²) in [5, 5.41) is 0.580. The Morgan fingerprint density at radius 3 is 2.69 bits per heavy atom. The Hall–Kier alpha value is -1.10. The van der Waals surface area contributed by atoms with Gasteiger partial charge in [-0.2, -0.15) is 0 Å². The summed E-state index contributed by atoms with van der Waals surface area (Å²) in [4.78, 5) is 13.1. The van der Waals surface area contributed by atoms with E-state index in [1.165, 1.54) is 0 Å². The molecule has 1 aromatic carbocycles. The number of likely N-dealkylation sites (tertiary alicyclic amines) is 1. The maximum atomic E-state index is 10.9. The largest absolute Gasteiger partial charge is 0.366 e. The molecule has 0 atom stereocenters. The van der Waals surface area contributed by atoms with E-state index in [1.54, 1.807) is 12.1 Å². The van der Waals surface area contributed by atoms with Crippen LogP contribution < -0.4 is 11.5 Å². The summed E-state index contributed by atoms with van der Waals surface area (Å²) in [7, 11) is 0. The van der Waals surface area contributed by atoms with E-state index in [4.69, 9.17) is 23.1 Å². The predicted octanol–water partition coefficient (Wildman–Crippen LogP) is 0.582. The van der Waals surface area contributed by atoms with Crippen molar-refractivity contribution in [3.8, 4) is 0 Å². The van der Waals surface area contributed by atoms with Gasteiger partial charge in [-0.05, 0) is 17.7 Å². The summed E-state index contributed by atoms with van der Waals surface area (Å²) in [6.07, 6.45) is 0. The monoisotopic (exact) mass is 239 g/mol. The van der Waals surface area contributed by atoms with Crippen LogP contribution in [0.1, 0.15) is 15.9 Å². The lowest BCUT2D eigenvalue weighted by Crippen LogP contribution is -2.54. The van der Waals surface area contributed by atoms with Gasteiger partial charge in [0.25, 0.3) is 0 Å². The lowest BCUT2D eigenvalue weighted by Gasteiger charge is -2.37. The molecule has 2 rings (SSSR count). The highest BCUT2D eigenvalue weighted by atomic mass is 35.5. The van der Waals surface area contributed by atoms with Gasteiger partial charge in [-0.25, -0.2) is 0 Å². The van der Waals surface area contributed by atoms with E-state index in [1.807, 2.05) is 6.07 Å². The minimum Gasteiger partial charge on any atom is -0.366 e. The van der Waals surface area contributed by atoms with Crippen LogP contribution in [0.5, 0.6) is 0 Å². The smallest absolute Gasteiger partial charge is 0.248 e. The summed E-state index contributed by atoms with van der Waals surface area (Å²) in [5.41, 5.74) is 12.3. The van der Waals surface area contributed by atoms with Crippen molar-refractivity contribution in [3.63, 3.8) is 0 Å². The van der Waals surface area contributed by atoms with Crippen molar-refractivity contribution in [1.82, 2.24) is 4.90 Å². The molecular weight excluding hydrogens is 226 g/mol. The van der Waals surface area contributed by atoms with Gasteiger partial charge in [-0.1, -0.05) is 17.7 Å². The Bertz CT molecular complexity index is 416. The van der Waals surface area contributed by atoms with E-state index in [9.17, 15) is 4.79 Å². The molecule has 0 saturated carbocycles. The molecule has 1 saturated heterocycles. The zero-order chi connectivity index (χ0) is 11.7. The first kappa shape index (κ1) is 11.4. The number of rotatable bonds is 3. The first-order valence-electron chi connectivity index (χ1n) is 5.12. The molecule has 0 radical (unpaired) electrons. The average Bonchev–Trinajstić information content (AvgIpc) is 2.18. The van der Waals surface area contributed by atoms with E-state index in [2.05, 4.69) is 4.90 Å². The Labute approximate surface area is 99.2 Å². The fourth-order valence-electron chi connectivity index (χ4n) is 1.81. The van der Waals surface area contributed by atoms with Gasteiger partial charge in [0.15, 0.2) is 0 Å². The van der Waals surface area contributed by atoms with Crippen LogP contribution in [-0.4, -0.2) is 29.9 Å². The number of halogens is 1. The van der Waals surface area contributed by atoms with Crippen LogP contribution >= 0.6 is 11.6 Å². The Morgan fingerprint density at radius 2 is 2.19 bits per heavy atom. The Balaban J connectivity index is 2.07. The number of nitrogens with two attached hydrogens (primary N) is 2. The average molecular weight is 240 g/mol. The molecule has 1 fully saturated rings. The molecular formula is C11H14ClN3O. The van der Waals surface area contributed by atoms with Crippen molar-refractivity contribution in [3.05, 3.63) is 34.3 Å². The minimum atomic E-state index is -0.459. The van der Waals surface area contributed by atoms with E-state index in [0.717, 1.165) is 25.2 Å². The fourth-order valence-corrected chi connectivity index (χ4v) is 2.05. The molecule has 1 aromatic rings. The van der Waals surface area contributed by atoms with Crippen molar-refractivity contribution in [2.24, 2.45) is 11.5 Å². The number of carbonyl (C=O) groups excluding carboxylic acids is 1. The van der Waals surface area contributed by atoms with Crippen LogP contribution in [0.4, 0.5) is 0 Å². The van der Waals surface area contributed by atoms with Gasteiger partial charge >= 0.3 is 0 Å². The van der Waals surface area contributed by atoms with Crippen molar-refractivity contribution in [2.75, 3.05) is 13.1 Å². The Kier molecular flexibility index (Phi) is 3.14. The molecule has 1 aliphatic rings. The van der Waals surface area contributed by atoms with Crippen molar-refractivity contribution < 1.29 is 4.79 Å². The number of nitrogens with zero attached hydrogens (tertiary/aromatic N) is 1. The van der Waals surface area contributed by atoms with Crippen LogP contribution in [0.2, 0.25) is 5.02 Å². The normalized spacial score (nSPS) is 17.1. The van der Waals surface area contributed by atoms with Crippen LogP contribution in [0.25, 0.3) is 0 Å². The SMILES string of the molecule is NC(=O)c1ccc(CN2CC(N)C2)c(Cl)c1. The second kappa shape index (κ2) is 4.41. The molecule has 0 unspecified atom stereocenters. The van der Waals surface area contributed by atoms with Gasteiger partial charge in [0.2, 0.25) is 5.91 Å². The van der Waals surface area contributed by atoms with Gasteiger partial charge in [-0.15, -0.1) is 0 Å². The second-order valence-electron chi connectivity index (χ2n) is 4.12. The van der Waals surface area contributed by atoms with Crippen molar-refractivity contribution in [1.29, 1.82) is 0 Å². The van der Waals surface area contributed by atoms with E-state index >= 15 is 0 Å². The molecule has 16 heavy (non-hydrogen) atoms. The zero-order valence-corrected chi connectivity index (χ0v) is 9.57. The summed E-state index contributed by atoms with van der Waals surface area (Å²) < 4.78 is 0. The van der Waals surface area contributed by atoms with Gasteiger partial charge in [0, 0.05) is 36.3 Å². The molecule has 0 spiro atoms. The predicted molar refractivity (Wildman–Crippen MR) is 63.2 cm³/mol. The number of primary amides is 1. The van der Waals surface area contributed by atoms with Crippen LogP contribution in [0.15, 0.2) is 18.2 Å². The minimum absolute atomic E-state index is 0.281. The molecule has 1 heterocycles. The second-order valence-corrected chi connectivity index (χ2v) is 4.53. The molecule has 0 aliphatic carbocycles. The molecule has 4 N–H and O–H groups in total. The van der Waals surface area contributed by atoms with Crippen molar-refractivity contribution in [2.45, 2.75) is 12.6 Å². The number of hydrogen-bond acceptors (Lipinski definition) is 3. The molecule has 1 aliphatic heterocycles. The molecule has 0 bridgehead atoms. The first-order valence-corrected chi connectivity index (χ1v) is 5.50. The summed E-state index contributed by atoms with van der Waals surface area (Å²) in [5.74, 6) is -0.459. The standard InChI is InChI=1S/C11H14ClN3O/c12-10-3-7(11(14)16)1-2-8(10)4-15-5-9(13)6-15/h1-3,9H,4-6,13H2,(H2,14,16). The third-order valence-corrected chi connectivity index (χ3v) is 3.07. The van der Waals surface area contributed by atoms with Crippen LogP contribution in [0.3, 0.4) is 0 Å². The highest BCUT2D eigenvalue weighted by Crippen LogP contribution is 2.21. The maximum absolute atomic E-state index is 10.9. The third-order valence-electron chi connectivity index (χ3n) is 2.72. The van der Waals surface area contributed by atoms with E-state index in [-0.39, 0.29) is 6.04 Å².